The molecule has 2 heteroatoms. The van der Waals surface area contributed by atoms with Gasteiger partial charge in [-0.05, 0) is 86.2 Å². The molecule has 0 saturated heterocycles. The van der Waals surface area contributed by atoms with E-state index in [-0.39, 0.29) is 11.2 Å². The summed E-state index contributed by atoms with van der Waals surface area (Å²) in [5, 5.41) is 0. The van der Waals surface area contributed by atoms with Crippen LogP contribution in [0.1, 0.15) is 72.6 Å². The number of carbonyl (C=O) groups excluding carboxylic acids is 2. The molecular weight excluding hydrogens is 296 g/mol. The topological polar surface area (TPSA) is 34.1 Å². The Morgan fingerprint density at radius 1 is 1.12 bits per heavy atom. The SMILES string of the molecule is CC.CC(=O)C1=CCC2C1CCC1C2CCC2=CC(=O)CCC21C. The van der Waals surface area contributed by atoms with Gasteiger partial charge in [-0.15, -0.1) is 0 Å². The number of Topliss-reactive ketones (excluding diaryl/α,β-unsaturated/α-hetero) is 1. The lowest BCUT2D eigenvalue weighted by Crippen LogP contribution is -2.47. The second kappa shape index (κ2) is 6.61. The molecule has 0 aromatic heterocycles. The Morgan fingerprint density at radius 2 is 1.88 bits per heavy atom. The third kappa shape index (κ3) is 2.62. The van der Waals surface area contributed by atoms with Crippen molar-refractivity contribution in [3.05, 3.63) is 23.3 Å². The predicted octanol–water partition coefficient (Wildman–Crippen LogP) is 5.28. The van der Waals surface area contributed by atoms with E-state index in [2.05, 4.69) is 13.0 Å². The lowest BCUT2D eigenvalue weighted by molar-refractivity contribution is -0.117. The van der Waals surface area contributed by atoms with E-state index in [1.54, 1.807) is 6.92 Å². The Hall–Kier alpha value is -1.18. The fraction of sp³-hybridized carbons (Fsp3) is 0.727. The van der Waals surface area contributed by atoms with E-state index in [1.807, 2.05) is 19.9 Å². The van der Waals surface area contributed by atoms with Crippen molar-refractivity contribution in [2.75, 3.05) is 0 Å². The van der Waals surface area contributed by atoms with Crippen LogP contribution in [0, 0.1) is 29.1 Å². The molecule has 0 aromatic carbocycles. The van der Waals surface area contributed by atoms with E-state index in [4.69, 9.17) is 0 Å². The first-order valence-electron chi connectivity index (χ1n) is 9.95. The number of carbonyl (C=O) groups is 2. The first-order valence-corrected chi connectivity index (χ1v) is 9.95. The first-order chi connectivity index (χ1) is 11.5. The minimum Gasteiger partial charge on any atom is -0.295 e. The second-order valence-corrected chi connectivity index (χ2v) is 8.16. The number of hydrogen-bond donors (Lipinski definition) is 0. The summed E-state index contributed by atoms with van der Waals surface area (Å²) in [6.07, 6.45) is 11.8. The Morgan fingerprint density at radius 3 is 2.58 bits per heavy atom. The molecule has 5 unspecified atom stereocenters. The minimum atomic E-state index is 0.251. The summed E-state index contributed by atoms with van der Waals surface area (Å²) in [4.78, 5) is 23.7. The predicted molar refractivity (Wildman–Crippen MR) is 97.6 cm³/mol. The second-order valence-electron chi connectivity index (χ2n) is 8.16. The quantitative estimate of drug-likeness (QED) is 0.656. The Labute approximate surface area is 146 Å². The fourth-order valence-corrected chi connectivity index (χ4v) is 6.21. The van der Waals surface area contributed by atoms with Crippen molar-refractivity contribution in [2.45, 2.75) is 72.6 Å². The molecule has 24 heavy (non-hydrogen) atoms. The van der Waals surface area contributed by atoms with Crippen molar-refractivity contribution in [2.24, 2.45) is 29.1 Å². The van der Waals surface area contributed by atoms with E-state index in [9.17, 15) is 9.59 Å². The third-order valence-electron chi connectivity index (χ3n) is 7.31. The molecule has 0 spiro atoms. The van der Waals surface area contributed by atoms with Crippen LogP contribution in [-0.2, 0) is 9.59 Å². The van der Waals surface area contributed by atoms with Crippen molar-refractivity contribution in [1.82, 2.24) is 0 Å². The van der Waals surface area contributed by atoms with Crippen LogP contribution in [0.4, 0.5) is 0 Å². The minimum absolute atomic E-state index is 0.251. The molecule has 0 bridgehead atoms. The zero-order valence-electron chi connectivity index (χ0n) is 15.7. The molecule has 0 radical (unpaired) electrons. The van der Waals surface area contributed by atoms with Gasteiger partial charge in [-0.2, -0.15) is 0 Å². The van der Waals surface area contributed by atoms with Gasteiger partial charge < -0.3 is 0 Å². The molecule has 0 aromatic rings. The van der Waals surface area contributed by atoms with Crippen LogP contribution in [0.2, 0.25) is 0 Å². The summed E-state index contributed by atoms with van der Waals surface area (Å²) in [6, 6.07) is 0. The van der Waals surface area contributed by atoms with Crippen molar-refractivity contribution in [3.63, 3.8) is 0 Å². The normalized spacial score (nSPS) is 40.2. The summed E-state index contributed by atoms with van der Waals surface area (Å²) in [7, 11) is 0. The van der Waals surface area contributed by atoms with Crippen LogP contribution < -0.4 is 0 Å². The number of fused-ring (bicyclic) bond motifs is 5. The van der Waals surface area contributed by atoms with E-state index in [0.717, 1.165) is 43.1 Å². The highest BCUT2D eigenvalue weighted by Gasteiger charge is 2.53. The van der Waals surface area contributed by atoms with Crippen LogP contribution >= 0.6 is 0 Å². The first kappa shape index (κ1) is 17.6. The molecule has 0 heterocycles. The standard InChI is InChI=1S/C20H26O2.C2H6/c1-12(21)15-5-6-17-16(15)7-8-19-18(17)4-3-13-11-14(22)9-10-20(13,19)2;1-2/h5,11,16-19H,3-4,6-10H2,1-2H3;1-2H3. The summed E-state index contributed by atoms with van der Waals surface area (Å²) in [5.74, 6) is 3.31. The summed E-state index contributed by atoms with van der Waals surface area (Å²) < 4.78 is 0. The van der Waals surface area contributed by atoms with E-state index < -0.39 is 0 Å². The van der Waals surface area contributed by atoms with Crippen LogP contribution in [0.3, 0.4) is 0 Å². The lowest BCUT2D eigenvalue weighted by atomic mass is 9.49. The molecule has 2 saturated carbocycles. The highest BCUT2D eigenvalue weighted by molar-refractivity contribution is 5.94. The Balaban J connectivity index is 0.000000815. The van der Waals surface area contributed by atoms with Gasteiger partial charge in [-0.1, -0.05) is 32.4 Å². The van der Waals surface area contributed by atoms with Gasteiger partial charge in [0.25, 0.3) is 0 Å². The van der Waals surface area contributed by atoms with Gasteiger partial charge in [-0.25, -0.2) is 0 Å². The average molecular weight is 328 g/mol. The molecule has 0 amide bonds. The van der Waals surface area contributed by atoms with Crippen LogP contribution in [-0.4, -0.2) is 11.6 Å². The average Bonchev–Trinajstić information content (AvgIpc) is 3.02. The van der Waals surface area contributed by atoms with Crippen molar-refractivity contribution in [3.8, 4) is 0 Å². The molecule has 132 valence electrons. The molecular formula is C22H32O2. The van der Waals surface area contributed by atoms with E-state index >= 15 is 0 Å². The number of allylic oxidation sites excluding steroid dienone is 4. The van der Waals surface area contributed by atoms with Crippen molar-refractivity contribution in [1.29, 1.82) is 0 Å². The molecule has 4 rings (SSSR count). The summed E-state index contributed by atoms with van der Waals surface area (Å²) in [6.45, 7) is 8.15. The zero-order valence-corrected chi connectivity index (χ0v) is 15.7. The Bertz CT molecular complexity index is 597. The molecule has 4 aliphatic carbocycles. The maximum Gasteiger partial charge on any atom is 0.155 e. The maximum absolute atomic E-state index is 11.9. The van der Waals surface area contributed by atoms with E-state index in [0.29, 0.717) is 17.6 Å². The molecule has 2 nitrogen and oxygen atoms in total. The molecule has 0 N–H and O–H groups in total. The van der Waals surface area contributed by atoms with Crippen molar-refractivity contribution < 1.29 is 9.59 Å². The number of rotatable bonds is 1. The molecule has 0 aliphatic heterocycles. The van der Waals surface area contributed by atoms with Crippen molar-refractivity contribution >= 4 is 11.6 Å². The lowest BCUT2D eigenvalue weighted by Gasteiger charge is -2.55. The highest BCUT2D eigenvalue weighted by atomic mass is 16.1. The number of hydrogen-bond acceptors (Lipinski definition) is 2. The monoisotopic (exact) mass is 328 g/mol. The van der Waals surface area contributed by atoms with Gasteiger partial charge in [0.15, 0.2) is 11.6 Å². The van der Waals surface area contributed by atoms with Crippen LogP contribution in [0.5, 0.6) is 0 Å². The number of ketones is 2. The van der Waals surface area contributed by atoms with E-state index in [1.165, 1.54) is 24.8 Å². The van der Waals surface area contributed by atoms with Gasteiger partial charge in [0.2, 0.25) is 0 Å². The molecule has 2 fully saturated rings. The van der Waals surface area contributed by atoms with Crippen LogP contribution in [0.25, 0.3) is 0 Å². The van der Waals surface area contributed by atoms with Gasteiger partial charge in [0.1, 0.15) is 0 Å². The largest absolute Gasteiger partial charge is 0.295 e. The van der Waals surface area contributed by atoms with Gasteiger partial charge >= 0.3 is 0 Å². The summed E-state index contributed by atoms with van der Waals surface area (Å²) >= 11 is 0. The third-order valence-corrected chi connectivity index (χ3v) is 7.31. The molecule has 5 atom stereocenters. The van der Waals surface area contributed by atoms with Gasteiger partial charge in [-0.3, -0.25) is 9.59 Å². The zero-order chi connectivity index (χ0) is 17.5. The molecule has 4 aliphatic rings. The smallest absolute Gasteiger partial charge is 0.155 e. The maximum atomic E-state index is 11.9. The van der Waals surface area contributed by atoms with Gasteiger partial charge in [0, 0.05) is 6.42 Å². The summed E-state index contributed by atoms with van der Waals surface area (Å²) in [5.41, 5.74) is 2.80. The fourth-order valence-electron chi connectivity index (χ4n) is 6.21. The highest BCUT2D eigenvalue weighted by Crippen LogP contribution is 2.61. The van der Waals surface area contributed by atoms with Gasteiger partial charge in [0.05, 0.1) is 0 Å². The Kier molecular flexibility index (Phi) is 4.86. The van der Waals surface area contributed by atoms with Crippen LogP contribution in [0.15, 0.2) is 23.3 Å².